The molecule has 0 unspecified atom stereocenters. The number of aromatic nitrogens is 3. The Morgan fingerprint density at radius 1 is 0.969 bits per heavy atom. The summed E-state index contributed by atoms with van der Waals surface area (Å²) in [6.45, 7) is 3.99. The summed E-state index contributed by atoms with van der Waals surface area (Å²) in [6, 6.07) is 22.1. The lowest BCUT2D eigenvalue weighted by atomic mass is 10.1. The summed E-state index contributed by atoms with van der Waals surface area (Å²) in [6.07, 6.45) is 0.570. The topological polar surface area (TPSA) is 59.8 Å². The Kier molecular flexibility index (Phi) is 6.66. The summed E-state index contributed by atoms with van der Waals surface area (Å²) in [5.41, 5.74) is 4.80. The third kappa shape index (κ3) is 5.42. The number of nitrogens with zero attached hydrogens (tertiary/aromatic N) is 3. The summed E-state index contributed by atoms with van der Waals surface area (Å²) in [5, 5.41) is 12.2. The van der Waals surface area contributed by atoms with Crippen molar-refractivity contribution in [3.8, 4) is 5.69 Å². The molecule has 4 rings (SSSR count). The van der Waals surface area contributed by atoms with Gasteiger partial charge in [0.1, 0.15) is 11.6 Å². The maximum atomic E-state index is 13.5. The van der Waals surface area contributed by atoms with Gasteiger partial charge in [-0.1, -0.05) is 48.2 Å². The van der Waals surface area contributed by atoms with Gasteiger partial charge in [0.05, 0.1) is 5.75 Å². The molecule has 0 aliphatic rings. The third-order valence-corrected chi connectivity index (χ3v) is 5.76. The van der Waals surface area contributed by atoms with Crippen LogP contribution in [0, 0.1) is 19.7 Å². The molecule has 7 heteroatoms. The fraction of sp³-hybridized carbons (Fsp3) is 0.160. The third-order valence-electron chi connectivity index (χ3n) is 4.83. The lowest BCUT2D eigenvalue weighted by molar-refractivity contribution is -0.113. The fourth-order valence-electron chi connectivity index (χ4n) is 3.51. The summed E-state index contributed by atoms with van der Waals surface area (Å²) in [4.78, 5) is 12.6. The van der Waals surface area contributed by atoms with E-state index < -0.39 is 0 Å². The van der Waals surface area contributed by atoms with Crippen molar-refractivity contribution in [1.29, 1.82) is 0 Å². The Bertz CT molecular complexity index is 1200. The molecule has 1 aromatic heterocycles. The molecule has 1 heterocycles. The molecule has 0 fully saturated rings. The van der Waals surface area contributed by atoms with Gasteiger partial charge in [0.15, 0.2) is 5.16 Å². The number of anilines is 1. The largest absolute Gasteiger partial charge is 0.325 e. The molecule has 0 radical (unpaired) electrons. The molecule has 4 aromatic rings. The number of halogens is 1. The number of thioether (sulfide) groups is 1. The van der Waals surface area contributed by atoms with Crippen LogP contribution in [0.2, 0.25) is 0 Å². The Morgan fingerprint density at radius 3 is 2.34 bits per heavy atom. The van der Waals surface area contributed by atoms with Gasteiger partial charge < -0.3 is 5.32 Å². The molecule has 0 saturated carbocycles. The summed E-state index contributed by atoms with van der Waals surface area (Å²) < 4.78 is 15.4. The Morgan fingerprint density at radius 2 is 1.66 bits per heavy atom. The van der Waals surface area contributed by atoms with Crippen LogP contribution in [-0.4, -0.2) is 26.4 Å². The van der Waals surface area contributed by atoms with E-state index in [2.05, 4.69) is 21.6 Å². The molecule has 0 saturated heterocycles. The highest BCUT2D eigenvalue weighted by Crippen LogP contribution is 2.24. The number of hydrogen-bond donors (Lipinski definition) is 1. The number of nitrogens with one attached hydrogen (secondary N) is 1. The Hall–Kier alpha value is -3.45. The van der Waals surface area contributed by atoms with Gasteiger partial charge in [0, 0.05) is 17.8 Å². The van der Waals surface area contributed by atoms with Crippen LogP contribution in [0.3, 0.4) is 0 Å². The molecule has 0 aliphatic heterocycles. The first-order valence-corrected chi connectivity index (χ1v) is 11.2. The molecule has 32 heavy (non-hydrogen) atoms. The Balaban J connectivity index is 1.55. The Labute approximate surface area is 190 Å². The zero-order valence-electron chi connectivity index (χ0n) is 17.9. The average Bonchev–Trinajstić information content (AvgIpc) is 3.15. The van der Waals surface area contributed by atoms with Gasteiger partial charge in [-0.3, -0.25) is 9.36 Å². The van der Waals surface area contributed by atoms with Crippen LogP contribution in [0.25, 0.3) is 5.69 Å². The lowest BCUT2D eigenvalue weighted by Crippen LogP contribution is -2.15. The van der Waals surface area contributed by atoms with E-state index in [1.165, 1.54) is 23.9 Å². The lowest BCUT2D eigenvalue weighted by Gasteiger charge is -2.11. The molecular formula is C25H23FN4OS. The highest BCUT2D eigenvalue weighted by atomic mass is 32.2. The van der Waals surface area contributed by atoms with Crippen molar-refractivity contribution in [3.63, 3.8) is 0 Å². The van der Waals surface area contributed by atoms with Gasteiger partial charge in [0.2, 0.25) is 5.91 Å². The van der Waals surface area contributed by atoms with Crippen LogP contribution in [-0.2, 0) is 11.2 Å². The minimum Gasteiger partial charge on any atom is -0.325 e. The number of aryl methyl sites for hydroxylation is 2. The minimum absolute atomic E-state index is 0.127. The molecule has 3 aromatic carbocycles. The fourth-order valence-corrected chi connectivity index (χ4v) is 4.28. The zero-order chi connectivity index (χ0) is 22.5. The highest BCUT2D eigenvalue weighted by molar-refractivity contribution is 7.99. The first-order chi connectivity index (χ1) is 15.5. The minimum atomic E-state index is -0.312. The van der Waals surface area contributed by atoms with E-state index in [0.29, 0.717) is 11.6 Å². The highest BCUT2D eigenvalue weighted by Gasteiger charge is 2.16. The standard InChI is InChI=1S/C25H23FN4OS/c1-17-12-18(2)14-21(13-17)27-24(31)16-32-25-29-28-23(15-19-6-4-3-5-7-19)30(25)22-10-8-20(26)9-11-22/h3-14H,15-16H2,1-2H3,(H,27,31). The SMILES string of the molecule is Cc1cc(C)cc(NC(=O)CSc2nnc(Cc3ccccc3)n2-c2ccc(F)cc2)c1. The van der Waals surface area contributed by atoms with Crippen molar-refractivity contribution in [1.82, 2.24) is 14.8 Å². The van der Waals surface area contributed by atoms with Crippen LogP contribution in [0.4, 0.5) is 10.1 Å². The monoisotopic (exact) mass is 446 g/mol. The second-order valence-corrected chi connectivity index (χ2v) is 8.53. The van der Waals surface area contributed by atoms with Crippen molar-refractivity contribution in [2.45, 2.75) is 25.4 Å². The first kappa shape index (κ1) is 21.8. The number of rotatable bonds is 7. The van der Waals surface area contributed by atoms with Crippen LogP contribution < -0.4 is 5.32 Å². The molecule has 0 spiro atoms. The van der Waals surface area contributed by atoms with Crippen LogP contribution in [0.5, 0.6) is 0 Å². The quantitative estimate of drug-likeness (QED) is 0.389. The maximum absolute atomic E-state index is 13.5. The molecule has 5 nitrogen and oxygen atoms in total. The van der Waals surface area contributed by atoms with Gasteiger partial charge in [-0.25, -0.2) is 4.39 Å². The van der Waals surface area contributed by atoms with E-state index in [-0.39, 0.29) is 17.5 Å². The smallest absolute Gasteiger partial charge is 0.234 e. The number of hydrogen-bond acceptors (Lipinski definition) is 4. The summed E-state index contributed by atoms with van der Waals surface area (Å²) >= 11 is 1.30. The van der Waals surface area contributed by atoms with E-state index >= 15 is 0 Å². The van der Waals surface area contributed by atoms with E-state index in [1.807, 2.05) is 60.9 Å². The van der Waals surface area contributed by atoms with Gasteiger partial charge in [0.25, 0.3) is 0 Å². The van der Waals surface area contributed by atoms with Crippen molar-refractivity contribution in [2.24, 2.45) is 0 Å². The molecule has 1 N–H and O–H groups in total. The van der Waals surface area contributed by atoms with Crippen LogP contribution in [0.15, 0.2) is 78.0 Å². The number of carbonyl (C=O) groups is 1. The van der Waals surface area contributed by atoms with E-state index in [0.717, 1.165) is 33.9 Å². The summed E-state index contributed by atoms with van der Waals surface area (Å²) in [5.74, 6) is 0.462. The second kappa shape index (κ2) is 9.78. The summed E-state index contributed by atoms with van der Waals surface area (Å²) in [7, 11) is 0. The van der Waals surface area contributed by atoms with Crippen molar-refractivity contribution in [3.05, 3.63) is 101 Å². The predicted molar refractivity (Wildman–Crippen MR) is 126 cm³/mol. The van der Waals surface area contributed by atoms with Crippen molar-refractivity contribution >= 4 is 23.4 Å². The molecule has 0 aliphatic carbocycles. The molecule has 0 bridgehead atoms. The number of amides is 1. The zero-order valence-corrected chi connectivity index (χ0v) is 18.7. The van der Waals surface area contributed by atoms with E-state index in [4.69, 9.17) is 0 Å². The maximum Gasteiger partial charge on any atom is 0.234 e. The van der Waals surface area contributed by atoms with Crippen LogP contribution >= 0.6 is 11.8 Å². The molecule has 1 amide bonds. The second-order valence-electron chi connectivity index (χ2n) is 7.59. The van der Waals surface area contributed by atoms with Gasteiger partial charge >= 0.3 is 0 Å². The van der Waals surface area contributed by atoms with Crippen LogP contribution in [0.1, 0.15) is 22.5 Å². The van der Waals surface area contributed by atoms with Crippen molar-refractivity contribution < 1.29 is 9.18 Å². The molecule has 0 atom stereocenters. The predicted octanol–water partition coefficient (Wildman–Crippen LogP) is 5.34. The first-order valence-electron chi connectivity index (χ1n) is 10.2. The van der Waals surface area contributed by atoms with Crippen molar-refractivity contribution in [2.75, 3.05) is 11.1 Å². The van der Waals surface area contributed by atoms with E-state index in [1.54, 1.807) is 12.1 Å². The van der Waals surface area contributed by atoms with Gasteiger partial charge in [-0.2, -0.15) is 0 Å². The molecular weight excluding hydrogens is 423 g/mol. The molecule has 162 valence electrons. The number of carbonyl (C=O) groups excluding carboxylic acids is 1. The van der Waals surface area contributed by atoms with E-state index in [9.17, 15) is 9.18 Å². The van der Waals surface area contributed by atoms with Gasteiger partial charge in [-0.05, 0) is 66.9 Å². The normalized spacial score (nSPS) is 10.8. The average molecular weight is 447 g/mol. The van der Waals surface area contributed by atoms with Gasteiger partial charge in [-0.15, -0.1) is 10.2 Å². The number of benzene rings is 3.